The highest BCUT2D eigenvalue weighted by atomic mass is 16.1. The van der Waals surface area contributed by atoms with Crippen molar-refractivity contribution in [3.63, 3.8) is 0 Å². The van der Waals surface area contributed by atoms with E-state index < -0.39 is 0 Å². The molecule has 0 amide bonds. The highest BCUT2D eigenvalue weighted by molar-refractivity contribution is 5.71. The van der Waals surface area contributed by atoms with Crippen LogP contribution < -0.4 is 5.56 Å². The number of hydrogen-bond acceptors (Lipinski definition) is 3. The van der Waals surface area contributed by atoms with E-state index in [0.29, 0.717) is 17.0 Å². The van der Waals surface area contributed by atoms with Crippen molar-refractivity contribution in [2.75, 3.05) is 0 Å². The molecule has 0 unspecified atom stereocenters. The summed E-state index contributed by atoms with van der Waals surface area (Å²) < 4.78 is 1.67. The summed E-state index contributed by atoms with van der Waals surface area (Å²) in [6, 6.07) is 3.60. The molecule has 0 radical (unpaired) electrons. The Morgan fingerprint density at radius 1 is 1.40 bits per heavy atom. The van der Waals surface area contributed by atoms with Crippen LogP contribution in [0.5, 0.6) is 0 Å². The zero-order valence-corrected chi connectivity index (χ0v) is 8.26. The van der Waals surface area contributed by atoms with Crippen LogP contribution >= 0.6 is 0 Å². The quantitative estimate of drug-likeness (QED) is 0.733. The molecule has 0 spiro atoms. The standard InChI is InChI=1S/C11H11N3O/c15-11-10-9(2-1-5-12-10)13-7-14(11)6-8-3-4-8/h1-2,5,7-8H,3-4,6H2. The molecule has 76 valence electrons. The molecule has 4 nitrogen and oxygen atoms in total. The lowest BCUT2D eigenvalue weighted by molar-refractivity contribution is 0.601. The van der Waals surface area contributed by atoms with Crippen molar-refractivity contribution in [1.82, 2.24) is 14.5 Å². The largest absolute Gasteiger partial charge is 0.297 e. The molecule has 0 atom stereocenters. The summed E-state index contributed by atoms with van der Waals surface area (Å²) in [6.07, 6.45) is 5.72. The lowest BCUT2D eigenvalue weighted by Gasteiger charge is -2.03. The van der Waals surface area contributed by atoms with Gasteiger partial charge in [0.1, 0.15) is 0 Å². The van der Waals surface area contributed by atoms with E-state index >= 15 is 0 Å². The predicted molar refractivity (Wildman–Crippen MR) is 56.5 cm³/mol. The number of hydrogen-bond donors (Lipinski definition) is 0. The summed E-state index contributed by atoms with van der Waals surface area (Å²) in [4.78, 5) is 20.2. The van der Waals surface area contributed by atoms with Gasteiger partial charge in [0.2, 0.25) is 0 Å². The maximum atomic E-state index is 12.0. The zero-order chi connectivity index (χ0) is 10.3. The Balaban J connectivity index is 2.15. The van der Waals surface area contributed by atoms with E-state index in [2.05, 4.69) is 9.97 Å². The fraction of sp³-hybridized carbons (Fsp3) is 0.364. The lowest BCUT2D eigenvalue weighted by atomic mass is 10.3. The van der Waals surface area contributed by atoms with Crippen molar-refractivity contribution in [3.05, 3.63) is 35.0 Å². The molecular formula is C11H11N3O. The van der Waals surface area contributed by atoms with E-state index in [0.717, 1.165) is 6.54 Å². The molecule has 2 aromatic rings. The summed E-state index contributed by atoms with van der Waals surface area (Å²) in [5, 5.41) is 0. The van der Waals surface area contributed by atoms with Gasteiger partial charge in [-0.2, -0.15) is 0 Å². The smallest absolute Gasteiger partial charge is 0.279 e. The zero-order valence-electron chi connectivity index (χ0n) is 8.26. The Labute approximate surface area is 86.6 Å². The molecule has 1 fully saturated rings. The van der Waals surface area contributed by atoms with E-state index in [4.69, 9.17) is 0 Å². The van der Waals surface area contributed by atoms with Gasteiger partial charge in [-0.15, -0.1) is 0 Å². The topological polar surface area (TPSA) is 47.8 Å². The van der Waals surface area contributed by atoms with Crippen LogP contribution in [0.15, 0.2) is 29.5 Å². The average Bonchev–Trinajstić information content (AvgIpc) is 3.07. The van der Waals surface area contributed by atoms with Crippen LogP contribution in [0.4, 0.5) is 0 Å². The summed E-state index contributed by atoms with van der Waals surface area (Å²) in [5.74, 6) is 0.672. The highest BCUT2D eigenvalue weighted by Crippen LogP contribution is 2.29. The van der Waals surface area contributed by atoms with E-state index in [9.17, 15) is 4.79 Å². The van der Waals surface area contributed by atoms with Crippen molar-refractivity contribution < 1.29 is 0 Å². The lowest BCUT2D eigenvalue weighted by Crippen LogP contribution is -2.22. The first-order chi connectivity index (χ1) is 7.34. The molecule has 0 saturated heterocycles. The summed E-state index contributed by atoms with van der Waals surface area (Å²) >= 11 is 0. The van der Waals surface area contributed by atoms with Crippen LogP contribution in [-0.4, -0.2) is 14.5 Å². The van der Waals surface area contributed by atoms with Crippen LogP contribution in [0, 0.1) is 5.92 Å². The van der Waals surface area contributed by atoms with Crippen LogP contribution in [0.3, 0.4) is 0 Å². The second-order valence-electron chi connectivity index (χ2n) is 4.02. The first kappa shape index (κ1) is 8.59. The first-order valence-electron chi connectivity index (χ1n) is 5.15. The molecule has 1 saturated carbocycles. The molecule has 2 aromatic heterocycles. The molecule has 0 aromatic carbocycles. The second-order valence-corrected chi connectivity index (χ2v) is 4.02. The predicted octanol–water partition coefficient (Wildman–Crippen LogP) is 1.20. The van der Waals surface area contributed by atoms with Crippen molar-refractivity contribution in [2.45, 2.75) is 19.4 Å². The minimum absolute atomic E-state index is 0.0208. The molecule has 15 heavy (non-hydrogen) atoms. The molecule has 1 aliphatic carbocycles. The van der Waals surface area contributed by atoms with E-state index in [-0.39, 0.29) is 5.56 Å². The van der Waals surface area contributed by atoms with Crippen LogP contribution in [-0.2, 0) is 6.54 Å². The Bertz CT molecular complexity index is 557. The van der Waals surface area contributed by atoms with Crippen LogP contribution in [0.1, 0.15) is 12.8 Å². The van der Waals surface area contributed by atoms with Gasteiger partial charge in [0, 0.05) is 12.7 Å². The average molecular weight is 201 g/mol. The van der Waals surface area contributed by atoms with Crippen molar-refractivity contribution >= 4 is 11.0 Å². The Morgan fingerprint density at radius 2 is 2.27 bits per heavy atom. The minimum Gasteiger partial charge on any atom is -0.297 e. The first-order valence-corrected chi connectivity index (χ1v) is 5.15. The van der Waals surface area contributed by atoms with E-state index in [1.165, 1.54) is 12.8 Å². The van der Waals surface area contributed by atoms with E-state index in [1.807, 2.05) is 6.07 Å². The number of fused-ring (bicyclic) bond motifs is 1. The molecule has 4 heteroatoms. The molecule has 0 aliphatic heterocycles. The maximum Gasteiger partial charge on any atom is 0.279 e. The normalized spacial score (nSPS) is 15.7. The van der Waals surface area contributed by atoms with Crippen molar-refractivity contribution in [1.29, 1.82) is 0 Å². The van der Waals surface area contributed by atoms with E-state index in [1.54, 1.807) is 23.2 Å². The van der Waals surface area contributed by atoms with Crippen LogP contribution in [0.25, 0.3) is 11.0 Å². The number of aromatic nitrogens is 3. The van der Waals surface area contributed by atoms with Gasteiger partial charge in [-0.3, -0.25) is 9.36 Å². The number of nitrogens with zero attached hydrogens (tertiary/aromatic N) is 3. The maximum absolute atomic E-state index is 12.0. The monoisotopic (exact) mass is 201 g/mol. The highest BCUT2D eigenvalue weighted by Gasteiger charge is 2.22. The van der Waals surface area contributed by atoms with Gasteiger partial charge in [0.15, 0.2) is 5.52 Å². The summed E-state index contributed by atoms with van der Waals surface area (Å²) in [7, 11) is 0. The van der Waals surface area contributed by atoms with Gasteiger partial charge in [-0.05, 0) is 30.9 Å². The van der Waals surface area contributed by atoms with Crippen molar-refractivity contribution in [3.8, 4) is 0 Å². The van der Waals surface area contributed by atoms with Gasteiger partial charge >= 0.3 is 0 Å². The van der Waals surface area contributed by atoms with Crippen LogP contribution in [0.2, 0.25) is 0 Å². The van der Waals surface area contributed by atoms with Gasteiger partial charge in [0.05, 0.1) is 11.8 Å². The second kappa shape index (κ2) is 3.15. The molecular weight excluding hydrogens is 190 g/mol. The fourth-order valence-corrected chi connectivity index (χ4v) is 1.69. The van der Waals surface area contributed by atoms with Gasteiger partial charge < -0.3 is 0 Å². The van der Waals surface area contributed by atoms with Gasteiger partial charge in [-0.25, -0.2) is 9.97 Å². The molecule has 2 heterocycles. The Morgan fingerprint density at radius 3 is 3.07 bits per heavy atom. The Hall–Kier alpha value is -1.71. The summed E-state index contributed by atoms with van der Waals surface area (Å²) in [5.41, 5.74) is 1.13. The minimum atomic E-state index is -0.0208. The van der Waals surface area contributed by atoms with Gasteiger partial charge in [-0.1, -0.05) is 0 Å². The number of pyridine rings is 1. The molecule has 3 rings (SSSR count). The molecule has 0 bridgehead atoms. The van der Waals surface area contributed by atoms with Crippen molar-refractivity contribution in [2.24, 2.45) is 5.92 Å². The third-order valence-electron chi connectivity index (χ3n) is 2.74. The third kappa shape index (κ3) is 1.52. The SMILES string of the molecule is O=c1c2ncccc2ncn1CC1CC1. The number of rotatable bonds is 2. The summed E-state index contributed by atoms with van der Waals surface area (Å²) in [6.45, 7) is 0.790. The molecule has 0 N–H and O–H groups in total. The fourth-order valence-electron chi connectivity index (χ4n) is 1.69. The van der Waals surface area contributed by atoms with Gasteiger partial charge in [0.25, 0.3) is 5.56 Å². The third-order valence-corrected chi connectivity index (χ3v) is 2.74. The Kier molecular flexibility index (Phi) is 1.80. The molecule has 1 aliphatic rings.